The molecule has 0 aliphatic heterocycles. The predicted octanol–water partition coefficient (Wildman–Crippen LogP) is 4.49. The van der Waals surface area contributed by atoms with E-state index in [1.807, 2.05) is 24.8 Å². The lowest BCUT2D eigenvalue weighted by Gasteiger charge is -1.99. The minimum Gasteiger partial charge on any atom is -0.333 e. The zero-order valence-electron chi connectivity index (χ0n) is 12.8. The lowest BCUT2D eigenvalue weighted by molar-refractivity contribution is 0.800. The van der Waals surface area contributed by atoms with Gasteiger partial charge in [-0.3, -0.25) is 4.57 Å². The first kappa shape index (κ1) is 13.5. The fourth-order valence-electron chi connectivity index (χ4n) is 3.07. The molecule has 3 heterocycles. The number of aromatic nitrogens is 4. The van der Waals surface area contributed by atoms with Gasteiger partial charge in [-0.1, -0.05) is 41.7 Å². The maximum absolute atomic E-state index is 4.81. The molecule has 0 N–H and O–H groups in total. The van der Waals surface area contributed by atoms with Crippen LogP contribution >= 0.6 is 11.3 Å². The molecule has 0 unspecified atom stereocenters. The van der Waals surface area contributed by atoms with Crippen molar-refractivity contribution in [3.05, 3.63) is 79.0 Å². The van der Waals surface area contributed by atoms with E-state index in [2.05, 4.69) is 62.8 Å². The van der Waals surface area contributed by atoms with Gasteiger partial charge in [-0.15, -0.1) is 0 Å². The van der Waals surface area contributed by atoms with Crippen molar-refractivity contribution in [3.63, 3.8) is 0 Å². The molecule has 0 saturated carbocycles. The van der Waals surface area contributed by atoms with Gasteiger partial charge in [0.25, 0.3) is 0 Å². The summed E-state index contributed by atoms with van der Waals surface area (Å²) in [5.74, 6) is 0. The Kier molecular flexibility index (Phi) is 2.99. The largest absolute Gasteiger partial charge is 0.333 e. The number of rotatable bonds is 3. The van der Waals surface area contributed by atoms with E-state index in [1.165, 1.54) is 21.2 Å². The summed E-state index contributed by atoms with van der Waals surface area (Å²) in [6.45, 7) is 0.804. The van der Waals surface area contributed by atoms with Gasteiger partial charge in [0.2, 0.25) is 0 Å². The van der Waals surface area contributed by atoms with Gasteiger partial charge in [0.05, 0.1) is 28.6 Å². The van der Waals surface area contributed by atoms with Crippen LogP contribution in [-0.4, -0.2) is 19.1 Å². The third-order valence-electron chi connectivity index (χ3n) is 4.20. The monoisotopic (exact) mass is 330 g/mol. The molecule has 0 saturated heterocycles. The van der Waals surface area contributed by atoms with E-state index in [9.17, 15) is 0 Å². The van der Waals surface area contributed by atoms with E-state index in [1.54, 1.807) is 11.3 Å². The highest BCUT2D eigenvalue weighted by molar-refractivity contribution is 7.20. The molecule has 0 aliphatic rings. The van der Waals surface area contributed by atoms with Crippen molar-refractivity contribution in [1.82, 2.24) is 19.1 Å². The second-order valence-corrected chi connectivity index (χ2v) is 6.75. The minimum atomic E-state index is 0.804. The highest BCUT2D eigenvalue weighted by atomic mass is 32.1. The minimum absolute atomic E-state index is 0.804. The Morgan fingerprint density at radius 1 is 1.00 bits per heavy atom. The van der Waals surface area contributed by atoms with E-state index in [4.69, 9.17) is 4.98 Å². The zero-order chi connectivity index (χ0) is 15.9. The molecule has 2 aromatic carbocycles. The van der Waals surface area contributed by atoms with Crippen LogP contribution in [0.15, 0.2) is 73.4 Å². The fraction of sp³-hybridized carbons (Fsp3) is 0.0526. The molecule has 0 amide bonds. The lowest BCUT2D eigenvalue weighted by Crippen LogP contribution is -1.95. The number of thiazole rings is 1. The highest BCUT2D eigenvalue weighted by Gasteiger charge is 2.13. The Labute approximate surface area is 142 Å². The Bertz CT molecular complexity index is 1100. The molecule has 5 heteroatoms. The summed E-state index contributed by atoms with van der Waals surface area (Å²) >= 11 is 1.72. The van der Waals surface area contributed by atoms with Gasteiger partial charge >= 0.3 is 0 Å². The molecule has 0 spiro atoms. The molecule has 0 bridgehead atoms. The van der Waals surface area contributed by atoms with Crippen LogP contribution in [0.5, 0.6) is 0 Å². The summed E-state index contributed by atoms with van der Waals surface area (Å²) in [6, 6.07) is 16.8. The predicted molar refractivity (Wildman–Crippen MR) is 97.8 cm³/mol. The first-order valence-corrected chi connectivity index (χ1v) is 8.61. The fourth-order valence-corrected chi connectivity index (χ4v) is 4.03. The maximum Gasteiger partial charge on any atom is 0.195 e. The average molecular weight is 330 g/mol. The van der Waals surface area contributed by atoms with Crippen LogP contribution in [-0.2, 0) is 6.54 Å². The van der Waals surface area contributed by atoms with Crippen molar-refractivity contribution in [1.29, 1.82) is 0 Å². The summed E-state index contributed by atoms with van der Waals surface area (Å²) < 4.78 is 5.50. The summed E-state index contributed by atoms with van der Waals surface area (Å²) in [5, 5.41) is 2.26. The molecule has 116 valence electrons. The highest BCUT2D eigenvalue weighted by Crippen LogP contribution is 2.30. The molecule has 5 aromatic rings. The normalized spacial score (nSPS) is 11.5. The number of para-hydroxylation sites is 2. The average Bonchev–Trinajstić information content (AvgIpc) is 3.33. The zero-order valence-corrected chi connectivity index (χ0v) is 13.6. The second kappa shape index (κ2) is 5.32. The first-order valence-electron chi connectivity index (χ1n) is 7.79. The van der Waals surface area contributed by atoms with Gasteiger partial charge in [-0.05, 0) is 23.8 Å². The number of imidazole rings is 1. The van der Waals surface area contributed by atoms with Crippen LogP contribution in [0.1, 0.15) is 5.56 Å². The third kappa shape index (κ3) is 2.13. The second-order valence-electron chi connectivity index (χ2n) is 5.74. The summed E-state index contributed by atoms with van der Waals surface area (Å²) in [6.07, 6.45) is 7.85. The topological polar surface area (TPSA) is 35.6 Å². The SMILES string of the molecule is c1ccc2sc(-n3cc(Cn4ccnc4)c4ccccc43)nc2c1. The van der Waals surface area contributed by atoms with Crippen molar-refractivity contribution in [2.75, 3.05) is 0 Å². The van der Waals surface area contributed by atoms with Gasteiger partial charge in [-0.2, -0.15) is 0 Å². The van der Waals surface area contributed by atoms with E-state index in [0.717, 1.165) is 17.2 Å². The van der Waals surface area contributed by atoms with E-state index < -0.39 is 0 Å². The molecule has 24 heavy (non-hydrogen) atoms. The molecule has 0 radical (unpaired) electrons. The number of nitrogens with zero attached hydrogens (tertiary/aromatic N) is 4. The lowest BCUT2D eigenvalue weighted by atomic mass is 10.2. The van der Waals surface area contributed by atoms with Gasteiger partial charge in [0.1, 0.15) is 0 Å². The number of hydrogen-bond donors (Lipinski definition) is 0. The number of hydrogen-bond acceptors (Lipinski definition) is 3. The Hall–Kier alpha value is -2.92. The molecular weight excluding hydrogens is 316 g/mol. The van der Waals surface area contributed by atoms with Crippen molar-refractivity contribution in [3.8, 4) is 5.13 Å². The summed E-state index contributed by atoms with van der Waals surface area (Å²) in [5.41, 5.74) is 3.50. The van der Waals surface area contributed by atoms with Gasteiger partial charge in [-0.25, -0.2) is 9.97 Å². The number of fused-ring (bicyclic) bond motifs is 2. The van der Waals surface area contributed by atoms with Crippen LogP contribution in [0.4, 0.5) is 0 Å². The first-order chi connectivity index (χ1) is 11.9. The van der Waals surface area contributed by atoms with E-state index >= 15 is 0 Å². The van der Waals surface area contributed by atoms with Crippen LogP contribution in [0, 0.1) is 0 Å². The van der Waals surface area contributed by atoms with E-state index in [-0.39, 0.29) is 0 Å². The molecule has 0 fully saturated rings. The van der Waals surface area contributed by atoms with Gasteiger partial charge in [0.15, 0.2) is 5.13 Å². The Morgan fingerprint density at radius 3 is 2.75 bits per heavy atom. The smallest absolute Gasteiger partial charge is 0.195 e. The third-order valence-corrected chi connectivity index (χ3v) is 5.23. The van der Waals surface area contributed by atoms with Crippen molar-refractivity contribution < 1.29 is 0 Å². The summed E-state index contributed by atoms with van der Waals surface area (Å²) in [7, 11) is 0. The van der Waals surface area contributed by atoms with Crippen molar-refractivity contribution >= 4 is 32.5 Å². The maximum atomic E-state index is 4.81. The molecular formula is C19H14N4S. The van der Waals surface area contributed by atoms with Crippen molar-refractivity contribution in [2.24, 2.45) is 0 Å². The Balaban J connectivity index is 1.70. The van der Waals surface area contributed by atoms with Crippen LogP contribution in [0.3, 0.4) is 0 Å². The van der Waals surface area contributed by atoms with Gasteiger partial charge < -0.3 is 4.57 Å². The Morgan fingerprint density at radius 2 is 1.88 bits per heavy atom. The van der Waals surface area contributed by atoms with Crippen LogP contribution in [0.2, 0.25) is 0 Å². The standard InChI is InChI=1S/C19H14N4S/c1-3-7-17-15(5-1)14(11-22-10-9-20-13-22)12-23(17)19-21-16-6-2-4-8-18(16)24-19/h1-10,12-13H,11H2. The molecule has 0 aliphatic carbocycles. The summed E-state index contributed by atoms with van der Waals surface area (Å²) in [4.78, 5) is 8.94. The quantitative estimate of drug-likeness (QED) is 0.489. The van der Waals surface area contributed by atoms with Crippen molar-refractivity contribution in [2.45, 2.75) is 6.54 Å². The van der Waals surface area contributed by atoms with E-state index in [0.29, 0.717) is 0 Å². The molecule has 0 atom stereocenters. The number of benzene rings is 2. The molecule has 4 nitrogen and oxygen atoms in total. The van der Waals surface area contributed by atoms with Crippen LogP contribution < -0.4 is 0 Å². The van der Waals surface area contributed by atoms with Crippen LogP contribution in [0.25, 0.3) is 26.3 Å². The molecule has 3 aromatic heterocycles. The van der Waals surface area contributed by atoms with Gasteiger partial charge in [0, 0.05) is 24.0 Å². The molecule has 5 rings (SSSR count).